The van der Waals surface area contributed by atoms with Crippen molar-refractivity contribution >= 4 is 11.9 Å². The number of hydrogen-bond donors (Lipinski definition) is 3. The van der Waals surface area contributed by atoms with Crippen LogP contribution in [0, 0.1) is 0 Å². The average molecular weight is 1050 g/mol. The van der Waals surface area contributed by atoms with Crippen LogP contribution >= 0.6 is 0 Å². The van der Waals surface area contributed by atoms with Crippen LogP contribution in [-0.4, -0.2) is 47.4 Å². The fourth-order valence-corrected chi connectivity index (χ4v) is 10.3. The number of unbranched alkanes of at least 4 members (excludes halogenated alkanes) is 43. The van der Waals surface area contributed by atoms with Crippen LogP contribution in [0.5, 0.6) is 0 Å². The first-order valence-corrected chi connectivity index (χ1v) is 33.4. The molecule has 2 unspecified atom stereocenters. The summed E-state index contributed by atoms with van der Waals surface area (Å²) in [5.74, 6) is -0.0871. The highest BCUT2D eigenvalue weighted by Gasteiger charge is 2.20. The van der Waals surface area contributed by atoms with E-state index in [9.17, 15) is 19.8 Å². The van der Waals surface area contributed by atoms with E-state index in [1.165, 1.54) is 257 Å². The zero-order valence-corrected chi connectivity index (χ0v) is 50.3. The Bertz CT molecular complexity index is 1260. The van der Waals surface area contributed by atoms with E-state index in [1.54, 1.807) is 0 Å². The van der Waals surface area contributed by atoms with E-state index in [4.69, 9.17) is 4.74 Å². The van der Waals surface area contributed by atoms with Crippen molar-refractivity contribution < 1.29 is 24.5 Å². The summed E-state index contributed by atoms with van der Waals surface area (Å²) >= 11 is 0. The monoisotopic (exact) mass is 1050 g/mol. The van der Waals surface area contributed by atoms with E-state index in [-0.39, 0.29) is 18.5 Å². The van der Waals surface area contributed by atoms with Gasteiger partial charge in [-0.05, 0) is 70.6 Å². The Kier molecular flexibility index (Phi) is 62.5. The highest BCUT2D eigenvalue weighted by molar-refractivity contribution is 5.76. The smallest absolute Gasteiger partial charge is 0.305 e. The van der Waals surface area contributed by atoms with Gasteiger partial charge in [-0.15, -0.1) is 0 Å². The molecule has 0 saturated heterocycles. The highest BCUT2D eigenvalue weighted by atomic mass is 16.5. The fourth-order valence-electron chi connectivity index (χ4n) is 10.3. The first-order valence-electron chi connectivity index (χ1n) is 33.4. The van der Waals surface area contributed by atoms with Gasteiger partial charge < -0.3 is 20.3 Å². The Morgan fingerprint density at radius 3 is 1.07 bits per heavy atom. The summed E-state index contributed by atoms with van der Waals surface area (Å²) in [6, 6.07) is -0.548. The van der Waals surface area contributed by atoms with Crippen molar-refractivity contribution in [2.24, 2.45) is 0 Å². The van der Waals surface area contributed by atoms with Gasteiger partial charge in [-0.1, -0.05) is 319 Å². The maximum absolute atomic E-state index is 12.5. The molecule has 1 amide bonds. The van der Waals surface area contributed by atoms with Gasteiger partial charge in [-0.3, -0.25) is 9.59 Å². The number of aliphatic hydroxyl groups excluding tert-OH is 2. The van der Waals surface area contributed by atoms with E-state index in [1.807, 2.05) is 0 Å². The summed E-state index contributed by atoms with van der Waals surface area (Å²) < 4.78 is 5.40. The van der Waals surface area contributed by atoms with Crippen LogP contribution in [0.25, 0.3) is 0 Å². The molecule has 0 fully saturated rings. The molecule has 0 saturated carbocycles. The number of allylic oxidation sites excluding steroid dienone is 7. The maximum Gasteiger partial charge on any atom is 0.305 e. The second kappa shape index (κ2) is 64.3. The molecule has 0 bridgehead atoms. The van der Waals surface area contributed by atoms with Crippen molar-refractivity contribution in [2.75, 3.05) is 13.2 Å². The number of amides is 1. The average Bonchev–Trinajstić information content (AvgIpc) is 3.41. The normalized spacial score (nSPS) is 12.9. The molecule has 6 nitrogen and oxygen atoms in total. The van der Waals surface area contributed by atoms with E-state index in [0.29, 0.717) is 25.9 Å². The van der Waals surface area contributed by atoms with Crippen molar-refractivity contribution in [2.45, 2.75) is 366 Å². The molecular formula is C69H129NO5. The van der Waals surface area contributed by atoms with Crippen molar-refractivity contribution in [3.63, 3.8) is 0 Å². The second-order valence-electron chi connectivity index (χ2n) is 22.8. The van der Waals surface area contributed by atoms with E-state index in [0.717, 1.165) is 64.2 Å². The zero-order valence-electron chi connectivity index (χ0n) is 50.3. The molecule has 0 aromatic rings. The number of carbonyl (C=O) groups is 2. The summed E-state index contributed by atoms with van der Waals surface area (Å²) in [7, 11) is 0. The molecule has 6 heteroatoms. The first-order chi connectivity index (χ1) is 37.0. The topological polar surface area (TPSA) is 95.9 Å². The number of rotatable bonds is 62. The molecule has 440 valence electrons. The molecule has 75 heavy (non-hydrogen) atoms. The van der Waals surface area contributed by atoms with Crippen LogP contribution in [0.1, 0.15) is 354 Å². The standard InChI is InChI=1S/C69H129NO5/c1-3-5-7-9-11-13-15-17-18-19-20-21-22-23-25-28-31-34-38-41-45-49-53-57-61-67(72)66(65-71)70-68(73)62-58-54-50-46-42-39-35-32-29-26-24-27-30-33-36-40-44-48-52-56-60-64-75-69(74)63-59-55-51-47-43-37-16-14-12-10-8-6-4-2/h8,10,14,16,40,44,52,56,66-67,71-72H,3-7,9,11-13,15,17-39,41-43,45-51,53-55,57-65H2,1-2H3,(H,70,73)/b10-8-,16-14-,44-40-,56-52-. The van der Waals surface area contributed by atoms with Gasteiger partial charge in [0.05, 0.1) is 25.4 Å². The zero-order chi connectivity index (χ0) is 54.3. The van der Waals surface area contributed by atoms with Gasteiger partial charge in [0, 0.05) is 12.8 Å². The Hall–Kier alpha value is -2.18. The van der Waals surface area contributed by atoms with Gasteiger partial charge in [-0.2, -0.15) is 0 Å². The molecule has 0 aliphatic carbocycles. The van der Waals surface area contributed by atoms with Gasteiger partial charge in [0.15, 0.2) is 0 Å². The van der Waals surface area contributed by atoms with Gasteiger partial charge in [0.25, 0.3) is 0 Å². The van der Waals surface area contributed by atoms with Crippen LogP contribution in [0.15, 0.2) is 48.6 Å². The summed E-state index contributed by atoms with van der Waals surface area (Å²) in [6.45, 7) is 4.80. The molecule has 0 aliphatic rings. The number of hydrogen-bond acceptors (Lipinski definition) is 5. The number of aliphatic hydroxyl groups is 2. The number of carbonyl (C=O) groups excluding carboxylic acids is 2. The van der Waals surface area contributed by atoms with Crippen LogP contribution in [-0.2, 0) is 14.3 Å². The summed E-state index contributed by atoms with van der Waals surface area (Å²) in [4.78, 5) is 24.5. The molecular weight excluding hydrogens is 923 g/mol. The predicted octanol–water partition coefficient (Wildman–Crippen LogP) is 21.3. The first kappa shape index (κ1) is 72.8. The largest absolute Gasteiger partial charge is 0.465 e. The number of ether oxygens (including phenoxy) is 1. The molecule has 0 aromatic carbocycles. The predicted molar refractivity (Wildman–Crippen MR) is 329 cm³/mol. The van der Waals surface area contributed by atoms with Gasteiger partial charge in [0.2, 0.25) is 5.91 Å². The van der Waals surface area contributed by atoms with E-state index in [2.05, 4.69) is 67.8 Å². The molecule has 0 rings (SSSR count). The van der Waals surface area contributed by atoms with Crippen molar-refractivity contribution in [3.05, 3.63) is 48.6 Å². The third kappa shape index (κ3) is 60.9. The lowest BCUT2D eigenvalue weighted by Crippen LogP contribution is -2.45. The SMILES string of the molecule is CCC/C=C\C/C=C\CCCCCCCC(=O)OCC/C=C\C/C=C\CCCCCCCCCCCCCCCCC(=O)NC(CO)C(O)CCCCCCCCCCCCCCCCCCCCCCCCCC. The molecule has 0 aromatic heterocycles. The Balaban J connectivity index is 3.45. The Morgan fingerprint density at radius 2 is 0.693 bits per heavy atom. The minimum absolute atomic E-state index is 0.0367. The van der Waals surface area contributed by atoms with Gasteiger partial charge in [-0.25, -0.2) is 0 Å². The summed E-state index contributed by atoms with van der Waals surface area (Å²) in [6.07, 6.45) is 83.0. The quantitative estimate of drug-likeness (QED) is 0.0320. The van der Waals surface area contributed by atoms with E-state index < -0.39 is 12.1 Å². The molecule has 0 radical (unpaired) electrons. The second-order valence-corrected chi connectivity index (χ2v) is 22.8. The lowest BCUT2D eigenvalue weighted by atomic mass is 10.0. The summed E-state index contributed by atoms with van der Waals surface area (Å²) in [5, 5.41) is 23.4. The molecule has 0 heterocycles. The minimum atomic E-state index is -0.670. The Labute approximate surface area is 467 Å². The lowest BCUT2D eigenvalue weighted by Gasteiger charge is -2.22. The van der Waals surface area contributed by atoms with E-state index >= 15 is 0 Å². The highest BCUT2D eigenvalue weighted by Crippen LogP contribution is 2.18. The minimum Gasteiger partial charge on any atom is -0.465 e. The van der Waals surface area contributed by atoms with Crippen LogP contribution < -0.4 is 5.32 Å². The fraction of sp³-hybridized carbons (Fsp3) is 0.855. The van der Waals surface area contributed by atoms with Crippen LogP contribution in [0.2, 0.25) is 0 Å². The molecule has 3 N–H and O–H groups in total. The van der Waals surface area contributed by atoms with Gasteiger partial charge >= 0.3 is 5.97 Å². The lowest BCUT2D eigenvalue weighted by molar-refractivity contribution is -0.143. The maximum atomic E-state index is 12.5. The van der Waals surface area contributed by atoms with Gasteiger partial charge in [0.1, 0.15) is 0 Å². The van der Waals surface area contributed by atoms with Crippen molar-refractivity contribution in [1.29, 1.82) is 0 Å². The van der Waals surface area contributed by atoms with Crippen LogP contribution in [0.4, 0.5) is 0 Å². The van der Waals surface area contributed by atoms with Crippen molar-refractivity contribution in [1.82, 2.24) is 5.32 Å². The molecule has 0 aliphatic heterocycles. The third-order valence-corrected chi connectivity index (χ3v) is 15.4. The Morgan fingerprint density at radius 1 is 0.373 bits per heavy atom. The summed E-state index contributed by atoms with van der Waals surface area (Å²) in [5.41, 5.74) is 0. The number of esters is 1. The third-order valence-electron chi connectivity index (χ3n) is 15.4. The molecule has 2 atom stereocenters. The molecule has 0 spiro atoms. The van der Waals surface area contributed by atoms with Crippen LogP contribution in [0.3, 0.4) is 0 Å². The number of nitrogens with one attached hydrogen (secondary N) is 1. The van der Waals surface area contributed by atoms with Crippen molar-refractivity contribution in [3.8, 4) is 0 Å².